The molecule has 0 aromatic heterocycles. The van der Waals surface area contributed by atoms with Crippen LogP contribution in [0.1, 0.15) is 39.5 Å². The number of Topliss-reactive ketones (excluding diaryl/α,β-unsaturated/α-hetero) is 1. The number of allylic oxidation sites excluding steroid dienone is 3. The fraction of sp³-hybridized carbons (Fsp3) is 0.444. The molecular formula is C27H29F4N3O7. The minimum absolute atomic E-state index is 0.0683. The highest BCUT2D eigenvalue weighted by molar-refractivity contribution is 6.36. The summed E-state index contributed by atoms with van der Waals surface area (Å²) in [5.74, 6) is -15.0. The Morgan fingerprint density at radius 3 is 2.22 bits per heavy atom. The number of carbonyl (C=O) groups excluding carboxylic acids is 4. The summed E-state index contributed by atoms with van der Waals surface area (Å²) in [6.07, 6.45) is 7.59. The van der Waals surface area contributed by atoms with Gasteiger partial charge in [0.25, 0.3) is 0 Å². The smallest absolute Gasteiger partial charge is 0.313 e. The molecule has 222 valence electrons. The van der Waals surface area contributed by atoms with Gasteiger partial charge in [-0.1, -0.05) is 32.4 Å². The number of ketones is 1. The average Bonchev–Trinajstić information content (AvgIpc) is 3.37. The molecule has 41 heavy (non-hydrogen) atoms. The van der Waals surface area contributed by atoms with Gasteiger partial charge in [0.15, 0.2) is 23.2 Å². The molecule has 0 radical (unpaired) electrons. The predicted octanol–water partition coefficient (Wildman–Crippen LogP) is 2.28. The van der Waals surface area contributed by atoms with E-state index in [1.165, 1.54) is 13.8 Å². The highest BCUT2D eigenvalue weighted by atomic mass is 19.2. The molecule has 1 fully saturated rings. The van der Waals surface area contributed by atoms with Crippen molar-refractivity contribution in [2.24, 2.45) is 17.8 Å². The summed E-state index contributed by atoms with van der Waals surface area (Å²) in [6, 6.07) is -3.30. The molecule has 2 aliphatic carbocycles. The molecule has 0 aliphatic heterocycles. The number of fused-ring (bicyclic) bond motifs is 1. The molecule has 1 aromatic rings. The van der Waals surface area contributed by atoms with Crippen molar-refractivity contribution in [1.29, 1.82) is 0 Å². The maximum absolute atomic E-state index is 13.8. The number of hydrogen-bond donors (Lipinski definition) is 4. The Hall–Kier alpha value is -4.23. The minimum atomic E-state index is -1.92. The van der Waals surface area contributed by atoms with Crippen LogP contribution in [0.25, 0.3) is 0 Å². The van der Waals surface area contributed by atoms with Crippen molar-refractivity contribution in [2.45, 2.75) is 51.6 Å². The second-order valence-electron chi connectivity index (χ2n) is 10.1. The maximum atomic E-state index is 13.8. The first-order valence-corrected chi connectivity index (χ1v) is 12.8. The number of amides is 3. The van der Waals surface area contributed by atoms with Crippen LogP contribution in [0.5, 0.6) is 5.75 Å². The van der Waals surface area contributed by atoms with Gasteiger partial charge in [-0.3, -0.25) is 24.0 Å². The lowest BCUT2D eigenvalue weighted by Crippen LogP contribution is -2.56. The molecule has 0 bridgehead atoms. The molecule has 14 heteroatoms. The highest BCUT2D eigenvalue weighted by Gasteiger charge is 2.33. The van der Waals surface area contributed by atoms with Crippen molar-refractivity contribution in [3.05, 3.63) is 53.3 Å². The van der Waals surface area contributed by atoms with E-state index in [-0.39, 0.29) is 12.0 Å². The second-order valence-corrected chi connectivity index (χ2v) is 10.1. The first-order chi connectivity index (χ1) is 19.3. The van der Waals surface area contributed by atoms with Crippen molar-refractivity contribution in [2.75, 3.05) is 6.61 Å². The number of halogens is 4. The highest BCUT2D eigenvalue weighted by Crippen LogP contribution is 2.36. The van der Waals surface area contributed by atoms with Crippen LogP contribution in [-0.4, -0.2) is 53.3 Å². The fourth-order valence-electron chi connectivity index (χ4n) is 4.59. The van der Waals surface area contributed by atoms with Gasteiger partial charge in [0.2, 0.25) is 17.5 Å². The predicted molar refractivity (Wildman–Crippen MR) is 134 cm³/mol. The Bertz CT molecular complexity index is 1270. The lowest BCUT2D eigenvalue weighted by Gasteiger charge is -2.24. The van der Waals surface area contributed by atoms with Gasteiger partial charge < -0.3 is 25.8 Å². The standard InChI is InChI=1S/C27H29F4N3O7/c1-12(2)23(34-27(40)26(39)32-15-7-6-13-4-3-5-14(13)8-15)25(38)33-18(10-20(36)37)19(35)11-41-24-21(30)16(28)9-17(29)22(24)31/h6-9,12-14,18,23H,3-5,10-11H2,1-2H3,(H,32,39)(H,33,38)(H,34,40)(H,36,37)/t13?,14?,18-,23-/m0/s1. The van der Waals surface area contributed by atoms with E-state index in [4.69, 9.17) is 0 Å². The van der Waals surface area contributed by atoms with Crippen molar-refractivity contribution < 1.29 is 51.4 Å². The molecular weight excluding hydrogens is 554 g/mol. The molecule has 0 saturated heterocycles. The van der Waals surface area contributed by atoms with E-state index in [0.717, 1.165) is 19.3 Å². The molecule has 10 nitrogen and oxygen atoms in total. The van der Waals surface area contributed by atoms with Crippen molar-refractivity contribution in [3.8, 4) is 5.75 Å². The number of carbonyl (C=O) groups is 5. The topological polar surface area (TPSA) is 151 Å². The van der Waals surface area contributed by atoms with Crippen LogP contribution in [0.2, 0.25) is 0 Å². The molecule has 3 amide bonds. The van der Waals surface area contributed by atoms with E-state index >= 15 is 0 Å². The van der Waals surface area contributed by atoms with E-state index in [9.17, 15) is 46.6 Å². The van der Waals surface area contributed by atoms with E-state index in [1.54, 1.807) is 6.08 Å². The van der Waals surface area contributed by atoms with Crippen LogP contribution in [0, 0.1) is 41.0 Å². The largest absolute Gasteiger partial charge is 0.481 e. The number of nitrogens with one attached hydrogen (secondary N) is 3. The number of benzene rings is 1. The summed E-state index contributed by atoms with van der Waals surface area (Å²) >= 11 is 0. The summed E-state index contributed by atoms with van der Waals surface area (Å²) in [5.41, 5.74) is 0.442. The molecule has 2 unspecified atom stereocenters. The van der Waals surface area contributed by atoms with Gasteiger partial charge in [-0.15, -0.1) is 0 Å². The van der Waals surface area contributed by atoms with E-state index < -0.39 is 89.5 Å². The summed E-state index contributed by atoms with van der Waals surface area (Å²) < 4.78 is 59.1. The first-order valence-electron chi connectivity index (χ1n) is 12.8. The molecule has 1 aromatic carbocycles. The Morgan fingerprint density at radius 1 is 0.976 bits per heavy atom. The summed E-state index contributed by atoms with van der Waals surface area (Å²) in [4.78, 5) is 61.9. The van der Waals surface area contributed by atoms with E-state index in [0.29, 0.717) is 11.6 Å². The van der Waals surface area contributed by atoms with E-state index in [2.05, 4.69) is 20.7 Å². The Morgan fingerprint density at radius 2 is 1.61 bits per heavy atom. The van der Waals surface area contributed by atoms with Crippen molar-refractivity contribution in [1.82, 2.24) is 16.0 Å². The second kappa shape index (κ2) is 13.4. The zero-order valence-electron chi connectivity index (χ0n) is 22.1. The number of hydrogen-bond acceptors (Lipinski definition) is 6. The number of rotatable bonds is 11. The molecule has 0 heterocycles. The minimum Gasteiger partial charge on any atom is -0.481 e. The maximum Gasteiger partial charge on any atom is 0.313 e. The van der Waals surface area contributed by atoms with Crippen LogP contribution >= 0.6 is 0 Å². The number of ether oxygens (including phenoxy) is 1. The number of carboxylic acids is 1. The zero-order chi connectivity index (χ0) is 30.4. The SMILES string of the molecule is CC(C)[C@H](NC(=O)C(=O)NC1=CC2CCCC2C=C1)C(=O)N[C@@H](CC(=O)O)C(=O)COc1c(F)c(F)cc(F)c1F. The van der Waals surface area contributed by atoms with Gasteiger partial charge in [-0.25, -0.2) is 8.78 Å². The third-order valence-corrected chi connectivity index (χ3v) is 6.76. The normalized spacial score (nSPS) is 19.0. The van der Waals surface area contributed by atoms with Crippen molar-refractivity contribution >= 4 is 29.5 Å². The van der Waals surface area contributed by atoms with Crippen LogP contribution in [0.3, 0.4) is 0 Å². The van der Waals surface area contributed by atoms with Crippen molar-refractivity contribution in [3.63, 3.8) is 0 Å². The van der Waals surface area contributed by atoms with E-state index in [1.807, 2.05) is 12.2 Å². The summed E-state index contributed by atoms with van der Waals surface area (Å²) in [5, 5.41) is 16.0. The number of aliphatic carboxylic acids is 1. The summed E-state index contributed by atoms with van der Waals surface area (Å²) in [7, 11) is 0. The quantitative estimate of drug-likeness (QED) is 0.177. The summed E-state index contributed by atoms with van der Waals surface area (Å²) in [6.45, 7) is 1.76. The monoisotopic (exact) mass is 583 g/mol. The van der Waals surface area contributed by atoms with Gasteiger partial charge in [-0.05, 0) is 36.7 Å². The van der Waals surface area contributed by atoms with Gasteiger partial charge in [-0.2, -0.15) is 8.78 Å². The van der Waals surface area contributed by atoms with Gasteiger partial charge in [0.05, 0.1) is 6.42 Å². The molecule has 0 spiro atoms. The third-order valence-electron chi connectivity index (χ3n) is 6.76. The Balaban J connectivity index is 1.65. The van der Waals surface area contributed by atoms with Crippen LogP contribution in [0.4, 0.5) is 17.6 Å². The average molecular weight is 584 g/mol. The van der Waals surface area contributed by atoms with Crippen LogP contribution in [-0.2, 0) is 24.0 Å². The van der Waals surface area contributed by atoms with Gasteiger partial charge in [0, 0.05) is 11.8 Å². The first kappa shape index (κ1) is 31.3. The third kappa shape index (κ3) is 7.92. The van der Waals surface area contributed by atoms with Crippen LogP contribution in [0.15, 0.2) is 30.0 Å². The molecule has 2 aliphatic rings. The Kier molecular flexibility index (Phi) is 10.2. The molecule has 1 saturated carbocycles. The van der Waals surface area contributed by atoms with Gasteiger partial charge >= 0.3 is 17.8 Å². The molecule has 3 rings (SSSR count). The lowest BCUT2D eigenvalue weighted by molar-refractivity contribution is -0.142. The molecule has 4 atom stereocenters. The van der Waals surface area contributed by atoms with Gasteiger partial charge in [0.1, 0.15) is 18.7 Å². The number of carboxylic acid groups (broad SMARTS) is 1. The lowest BCUT2D eigenvalue weighted by atomic mass is 9.91. The Labute approximate surface area is 232 Å². The molecule has 4 N–H and O–H groups in total. The fourth-order valence-corrected chi connectivity index (χ4v) is 4.59. The van der Waals surface area contributed by atoms with Crippen LogP contribution < -0.4 is 20.7 Å². The zero-order valence-corrected chi connectivity index (χ0v) is 22.1.